The number of amides is 2. The molecule has 154 valence electrons. The summed E-state index contributed by atoms with van der Waals surface area (Å²) in [4.78, 5) is 24.4. The van der Waals surface area contributed by atoms with E-state index in [2.05, 4.69) is 43.0 Å². The van der Waals surface area contributed by atoms with Crippen LogP contribution < -0.4 is 0 Å². The van der Waals surface area contributed by atoms with E-state index in [0.29, 0.717) is 13.2 Å². The highest BCUT2D eigenvalue weighted by Crippen LogP contribution is 2.37. The molecule has 2 aliphatic heterocycles. The average Bonchev–Trinajstić information content (AvgIpc) is 3.20. The Balaban J connectivity index is 0.00000103. The Hall–Kier alpha value is -1.65. The van der Waals surface area contributed by atoms with Crippen molar-refractivity contribution < 1.29 is 9.63 Å². The number of hydrogen-bond acceptors (Lipinski definition) is 3. The summed E-state index contributed by atoms with van der Waals surface area (Å²) in [5, 5.41) is 1.45. The maximum atomic E-state index is 12.6. The van der Waals surface area contributed by atoms with Gasteiger partial charge in [-0.25, -0.2) is 9.78 Å². The molecule has 2 aliphatic rings. The first-order valence-corrected chi connectivity index (χ1v) is 9.61. The van der Waals surface area contributed by atoms with Gasteiger partial charge >= 0.3 is 6.03 Å². The maximum absolute atomic E-state index is 12.6. The van der Waals surface area contributed by atoms with Crippen molar-refractivity contribution in [2.75, 3.05) is 13.2 Å². The third-order valence-electron chi connectivity index (χ3n) is 3.98. The van der Waals surface area contributed by atoms with Gasteiger partial charge in [-0.15, -0.1) is 6.58 Å². The molecule has 3 heterocycles. The lowest BCUT2D eigenvalue weighted by atomic mass is 10.00. The second kappa shape index (κ2) is 12.7. The minimum Gasteiger partial charge on any atom is -0.333 e. The number of imidazole rings is 1. The highest BCUT2D eigenvalue weighted by atomic mass is 31.0. The van der Waals surface area contributed by atoms with Gasteiger partial charge in [0.1, 0.15) is 11.9 Å². The summed E-state index contributed by atoms with van der Waals surface area (Å²) < 4.78 is 2.07. The molecule has 0 N–H and O–H groups in total. The molecule has 2 amide bonds. The quantitative estimate of drug-likeness (QED) is 0.539. The van der Waals surface area contributed by atoms with Crippen molar-refractivity contribution in [2.24, 2.45) is 0 Å². The summed E-state index contributed by atoms with van der Waals surface area (Å²) in [6.07, 6.45) is 8.72. The molecule has 0 saturated carbocycles. The Bertz CT molecular complexity index is 615. The number of carbonyl (C=O) groups excluding carboxylic acids is 1. The van der Waals surface area contributed by atoms with Crippen molar-refractivity contribution in [3.63, 3.8) is 0 Å². The van der Waals surface area contributed by atoms with Gasteiger partial charge in [0, 0.05) is 18.9 Å². The van der Waals surface area contributed by atoms with Crippen molar-refractivity contribution in [1.29, 1.82) is 0 Å². The fraction of sp³-hybridized carbons (Fsp3) is 0.600. The predicted molar refractivity (Wildman–Crippen MR) is 117 cm³/mol. The van der Waals surface area contributed by atoms with Crippen LogP contribution >= 0.6 is 9.90 Å². The van der Waals surface area contributed by atoms with E-state index in [1.54, 1.807) is 12.3 Å². The van der Waals surface area contributed by atoms with Gasteiger partial charge in [-0.05, 0) is 19.4 Å². The summed E-state index contributed by atoms with van der Waals surface area (Å²) in [6, 6.07) is -0.245. The average molecular weight is 397 g/mol. The van der Waals surface area contributed by atoms with Gasteiger partial charge in [0.25, 0.3) is 0 Å². The van der Waals surface area contributed by atoms with Crippen molar-refractivity contribution in [1.82, 2.24) is 19.5 Å². The molecule has 0 aromatic carbocycles. The fourth-order valence-corrected chi connectivity index (χ4v) is 3.06. The molecule has 0 spiro atoms. The standard InChI is InChI=1S/C15H20N4O2.C3H8.C2H6.H3P/c1-4-8-21-19-12-9-11(3)13(18(10-12)15(19)20)14-16-6-7-17(14)5-2;1-3-2;1-2;/h4,6-7,9,12-13H,1,5,8,10H2,2-3H3;3H2,1-2H3;1-2H3;1H3/t12-,13+;;;/m1.../s1. The maximum Gasteiger partial charge on any atom is 0.345 e. The molecule has 3 rings (SSSR count). The molecule has 2 bridgehead atoms. The number of rotatable bonds is 5. The number of fused-ring (bicyclic) bond motifs is 2. The predicted octanol–water partition coefficient (Wildman–Crippen LogP) is 4.63. The Morgan fingerprint density at radius 3 is 2.52 bits per heavy atom. The largest absolute Gasteiger partial charge is 0.345 e. The molecule has 1 fully saturated rings. The van der Waals surface area contributed by atoms with Crippen LogP contribution in [0.2, 0.25) is 0 Å². The van der Waals surface area contributed by atoms with Crippen LogP contribution in [0.25, 0.3) is 0 Å². The molecule has 1 saturated heterocycles. The highest BCUT2D eigenvalue weighted by molar-refractivity contribution is 6.92. The van der Waals surface area contributed by atoms with E-state index in [4.69, 9.17) is 4.84 Å². The summed E-state index contributed by atoms with van der Waals surface area (Å²) in [5.41, 5.74) is 1.13. The van der Waals surface area contributed by atoms with Gasteiger partial charge < -0.3 is 9.47 Å². The number of nitrogens with zero attached hydrogens (tertiary/aromatic N) is 4. The minimum atomic E-state index is -0.110. The topological polar surface area (TPSA) is 50.6 Å². The monoisotopic (exact) mass is 396 g/mol. The smallest absolute Gasteiger partial charge is 0.333 e. The zero-order valence-corrected chi connectivity index (χ0v) is 19.2. The first kappa shape index (κ1) is 25.4. The zero-order chi connectivity index (χ0) is 19.7. The summed E-state index contributed by atoms with van der Waals surface area (Å²) in [5.74, 6) is 0.906. The SMILES string of the molecule is C=CCON1C(=O)N2C[C@H]1C=C(C)[C@H]2c1nccn1CC.CC.CCC.P. The van der Waals surface area contributed by atoms with Crippen LogP contribution in [-0.2, 0) is 11.4 Å². The van der Waals surface area contributed by atoms with Gasteiger partial charge in [-0.2, -0.15) is 15.0 Å². The van der Waals surface area contributed by atoms with E-state index in [1.807, 2.05) is 31.9 Å². The van der Waals surface area contributed by atoms with Crippen LogP contribution in [0.5, 0.6) is 0 Å². The van der Waals surface area contributed by atoms with Crippen LogP contribution in [0, 0.1) is 0 Å². The van der Waals surface area contributed by atoms with E-state index in [1.165, 1.54) is 11.5 Å². The van der Waals surface area contributed by atoms with Crippen LogP contribution in [0.1, 0.15) is 59.8 Å². The van der Waals surface area contributed by atoms with E-state index in [-0.39, 0.29) is 28.0 Å². The van der Waals surface area contributed by atoms with Crippen molar-refractivity contribution in [2.45, 2.75) is 66.6 Å². The second-order valence-corrected chi connectivity index (χ2v) is 6.00. The lowest BCUT2D eigenvalue weighted by Crippen LogP contribution is -2.36. The summed E-state index contributed by atoms with van der Waals surface area (Å²) >= 11 is 0. The first-order valence-electron chi connectivity index (χ1n) is 9.61. The Kier molecular flexibility index (Phi) is 11.9. The number of aromatic nitrogens is 2. The van der Waals surface area contributed by atoms with Crippen LogP contribution in [0.15, 0.2) is 36.7 Å². The van der Waals surface area contributed by atoms with E-state index >= 15 is 0 Å². The van der Waals surface area contributed by atoms with E-state index in [9.17, 15) is 4.79 Å². The molecule has 1 unspecified atom stereocenters. The number of hydroxylamine groups is 2. The first-order chi connectivity index (χ1) is 12.6. The third kappa shape index (κ3) is 5.66. The Morgan fingerprint density at radius 2 is 1.96 bits per heavy atom. The minimum absolute atomic E-state index is 0. The van der Waals surface area contributed by atoms with Gasteiger partial charge in [-0.3, -0.25) is 4.84 Å². The van der Waals surface area contributed by atoms with Crippen LogP contribution in [-0.4, -0.2) is 44.7 Å². The summed E-state index contributed by atoms with van der Waals surface area (Å²) in [6.45, 7) is 17.8. The molecule has 0 radical (unpaired) electrons. The second-order valence-electron chi connectivity index (χ2n) is 6.00. The summed E-state index contributed by atoms with van der Waals surface area (Å²) in [7, 11) is 0. The molecular weight excluding hydrogens is 359 g/mol. The zero-order valence-electron chi connectivity index (χ0n) is 17.8. The van der Waals surface area contributed by atoms with Crippen LogP contribution in [0.4, 0.5) is 4.79 Å². The van der Waals surface area contributed by atoms with Gasteiger partial charge in [0.05, 0.1) is 19.2 Å². The Labute approximate surface area is 167 Å². The number of urea groups is 1. The third-order valence-corrected chi connectivity index (χ3v) is 3.98. The van der Waals surface area contributed by atoms with Crippen molar-refractivity contribution >= 4 is 15.9 Å². The van der Waals surface area contributed by atoms with Crippen molar-refractivity contribution in [3.8, 4) is 0 Å². The lowest BCUT2D eigenvalue weighted by Gasteiger charge is -2.30. The number of hydrogen-bond donors (Lipinski definition) is 0. The van der Waals surface area contributed by atoms with E-state index in [0.717, 1.165) is 17.9 Å². The highest BCUT2D eigenvalue weighted by Gasteiger charge is 2.46. The lowest BCUT2D eigenvalue weighted by molar-refractivity contribution is -0.107. The molecule has 1 aromatic heterocycles. The molecular formula is C20H37N4O2P. The van der Waals surface area contributed by atoms with Gasteiger partial charge in [-0.1, -0.05) is 46.3 Å². The molecule has 27 heavy (non-hydrogen) atoms. The molecule has 1 aromatic rings. The van der Waals surface area contributed by atoms with Gasteiger partial charge in [0.15, 0.2) is 0 Å². The van der Waals surface area contributed by atoms with Crippen LogP contribution in [0.3, 0.4) is 0 Å². The van der Waals surface area contributed by atoms with Gasteiger partial charge in [0.2, 0.25) is 0 Å². The van der Waals surface area contributed by atoms with E-state index < -0.39 is 0 Å². The molecule has 6 nitrogen and oxygen atoms in total. The molecule has 0 aliphatic carbocycles. The number of aryl methyl sites for hydroxylation is 1. The normalized spacial score (nSPS) is 19.9. The van der Waals surface area contributed by atoms with Crippen molar-refractivity contribution in [3.05, 3.63) is 42.5 Å². The molecule has 7 heteroatoms. The molecule has 3 atom stereocenters. The number of carbonyl (C=O) groups is 1. The fourth-order valence-electron chi connectivity index (χ4n) is 3.06. The Morgan fingerprint density at radius 1 is 1.33 bits per heavy atom.